The minimum absolute atomic E-state index is 0.00659. The van der Waals surface area contributed by atoms with E-state index >= 15 is 0 Å². The third kappa shape index (κ3) is 4.18. The first kappa shape index (κ1) is 26.3. The average molecular weight is 587 g/mol. The van der Waals surface area contributed by atoms with Crippen LogP contribution in [0.5, 0.6) is 0 Å². The number of anilines is 1. The van der Waals surface area contributed by atoms with Crippen molar-refractivity contribution < 1.29 is 23.3 Å². The molecule has 4 aliphatic heterocycles. The number of imidazole rings is 1. The quantitative estimate of drug-likeness (QED) is 0.299. The van der Waals surface area contributed by atoms with E-state index in [0.717, 1.165) is 25.8 Å². The maximum atomic E-state index is 12.8. The molecule has 216 valence electrons. The number of ether oxygens (including phenoxy) is 2. The topological polar surface area (TPSA) is 113 Å². The van der Waals surface area contributed by atoms with Crippen molar-refractivity contribution in [1.82, 2.24) is 24.2 Å². The summed E-state index contributed by atoms with van der Waals surface area (Å²) in [6.07, 6.45) is 4.84. The fourth-order valence-corrected chi connectivity index (χ4v) is 8.67. The minimum Gasteiger partial charge on any atom is -0.368 e. The lowest BCUT2D eigenvalue weighted by Gasteiger charge is -2.31. The normalized spacial score (nSPS) is 32.0. The summed E-state index contributed by atoms with van der Waals surface area (Å²) in [7, 11) is -1.28. The molecule has 1 unspecified atom stereocenters. The molecule has 7 atom stereocenters. The van der Waals surface area contributed by atoms with Gasteiger partial charge in [0.15, 0.2) is 23.2 Å². The second-order valence-corrected chi connectivity index (χ2v) is 12.6. The van der Waals surface area contributed by atoms with Gasteiger partial charge in [-0.1, -0.05) is 55.5 Å². The fourth-order valence-electron chi connectivity index (χ4n) is 6.63. The summed E-state index contributed by atoms with van der Waals surface area (Å²) in [5.41, 5.74) is 2.13. The molecule has 0 aliphatic carbocycles. The van der Waals surface area contributed by atoms with Gasteiger partial charge in [0.25, 0.3) is 14.4 Å². The Balaban J connectivity index is 1.06. The molecule has 4 aromatic rings. The maximum absolute atomic E-state index is 12.8. The SMILES string of the molecule is CC[C@@]12COC([C@H](n3cnc4c(NC(=O)c5ccccc5)ncnc43)O1)[C@H]2O[P@@]1O[C@H](c2ccccc2)[C@@H]2CCCN21. The van der Waals surface area contributed by atoms with Crippen molar-refractivity contribution >= 4 is 31.4 Å². The van der Waals surface area contributed by atoms with Gasteiger partial charge in [0.2, 0.25) is 0 Å². The number of carbonyl (C=O) groups is 1. The van der Waals surface area contributed by atoms with Gasteiger partial charge in [-0.2, -0.15) is 0 Å². The van der Waals surface area contributed by atoms with E-state index in [2.05, 4.69) is 56.1 Å². The van der Waals surface area contributed by atoms with Gasteiger partial charge in [-0.3, -0.25) is 9.36 Å². The third-order valence-electron chi connectivity index (χ3n) is 8.84. The summed E-state index contributed by atoms with van der Waals surface area (Å²) in [5, 5.41) is 2.87. The number of hydrogen-bond acceptors (Lipinski definition) is 9. The van der Waals surface area contributed by atoms with Crippen LogP contribution in [0.4, 0.5) is 5.82 Å². The molecule has 0 radical (unpaired) electrons. The van der Waals surface area contributed by atoms with Crippen LogP contribution in [-0.4, -0.2) is 67.1 Å². The van der Waals surface area contributed by atoms with Crippen molar-refractivity contribution in [2.75, 3.05) is 18.5 Å². The summed E-state index contributed by atoms with van der Waals surface area (Å²) < 4.78 is 30.9. The van der Waals surface area contributed by atoms with Crippen LogP contribution in [0.25, 0.3) is 11.2 Å². The maximum Gasteiger partial charge on any atom is 0.260 e. The number of hydrogen-bond donors (Lipinski definition) is 1. The molecule has 2 aromatic heterocycles. The Morgan fingerprint density at radius 2 is 1.93 bits per heavy atom. The lowest BCUT2D eigenvalue weighted by molar-refractivity contribution is -0.172. The Hall–Kier alpha value is -3.31. The summed E-state index contributed by atoms with van der Waals surface area (Å²) in [6.45, 7) is 3.51. The first-order chi connectivity index (χ1) is 20.6. The van der Waals surface area contributed by atoms with E-state index < -0.39 is 20.4 Å². The Morgan fingerprint density at radius 1 is 1.12 bits per heavy atom. The van der Waals surface area contributed by atoms with Gasteiger partial charge in [-0.05, 0) is 37.0 Å². The predicted octanol–water partition coefficient (Wildman–Crippen LogP) is 5.00. The molecule has 0 saturated carbocycles. The van der Waals surface area contributed by atoms with Crippen LogP contribution < -0.4 is 5.32 Å². The van der Waals surface area contributed by atoms with E-state index in [1.807, 2.05) is 28.8 Å². The molecule has 4 aliphatic rings. The number of amides is 1. The van der Waals surface area contributed by atoms with Gasteiger partial charge in [0.1, 0.15) is 30.2 Å². The van der Waals surface area contributed by atoms with Crippen LogP contribution >= 0.6 is 8.53 Å². The van der Waals surface area contributed by atoms with Crippen molar-refractivity contribution in [3.63, 3.8) is 0 Å². The van der Waals surface area contributed by atoms with Gasteiger partial charge in [0, 0.05) is 18.2 Å². The molecule has 6 heterocycles. The second-order valence-electron chi connectivity index (χ2n) is 11.1. The van der Waals surface area contributed by atoms with E-state index in [0.29, 0.717) is 35.2 Å². The Labute approximate surface area is 244 Å². The summed E-state index contributed by atoms with van der Waals surface area (Å²) in [4.78, 5) is 26.2. The highest BCUT2D eigenvalue weighted by Crippen LogP contribution is 2.63. The smallest absolute Gasteiger partial charge is 0.260 e. The van der Waals surface area contributed by atoms with Gasteiger partial charge >= 0.3 is 0 Å². The summed E-state index contributed by atoms with van der Waals surface area (Å²) in [5.74, 6) is 0.0699. The number of benzene rings is 2. The number of carbonyl (C=O) groups excluding carboxylic acids is 1. The summed E-state index contributed by atoms with van der Waals surface area (Å²) >= 11 is 0. The highest BCUT2D eigenvalue weighted by Gasteiger charge is 2.64. The van der Waals surface area contributed by atoms with Crippen LogP contribution in [0.3, 0.4) is 0 Å². The van der Waals surface area contributed by atoms with E-state index in [-0.39, 0.29) is 24.2 Å². The van der Waals surface area contributed by atoms with Crippen molar-refractivity contribution in [3.05, 3.63) is 84.4 Å². The molecule has 12 heteroatoms. The van der Waals surface area contributed by atoms with Crippen molar-refractivity contribution in [3.8, 4) is 0 Å². The highest BCUT2D eigenvalue weighted by atomic mass is 31.2. The monoisotopic (exact) mass is 586 g/mol. The predicted molar refractivity (Wildman–Crippen MR) is 154 cm³/mol. The first-order valence-corrected chi connectivity index (χ1v) is 15.6. The molecule has 0 spiro atoms. The van der Waals surface area contributed by atoms with Crippen molar-refractivity contribution in [2.45, 2.75) is 62.4 Å². The Bertz CT molecular complexity index is 1610. The van der Waals surface area contributed by atoms with Crippen molar-refractivity contribution in [1.29, 1.82) is 0 Å². The second kappa shape index (κ2) is 10.4. The molecule has 4 fully saturated rings. The van der Waals surface area contributed by atoms with E-state index in [9.17, 15) is 4.79 Å². The lowest BCUT2D eigenvalue weighted by Crippen LogP contribution is -2.41. The molecule has 4 saturated heterocycles. The van der Waals surface area contributed by atoms with Crippen LogP contribution in [0.15, 0.2) is 73.3 Å². The molecule has 1 amide bonds. The van der Waals surface area contributed by atoms with Crippen LogP contribution in [0.1, 0.15) is 54.4 Å². The number of nitrogens with one attached hydrogen (secondary N) is 1. The molecule has 2 bridgehead atoms. The Morgan fingerprint density at radius 3 is 2.74 bits per heavy atom. The zero-order chi connectivity index (χ0) is 28.3. The molecular formula is C30H31N6O5P. The highest BCUT2D eigenvalue weighted by molar-refractivity contribution is 7.45. The summed E-state index contributed by atoms with van der Waals surface area (Å²) in [6, 6.07) is 19.7. The minimum atomic E-state index is -1.28. The first-order valence-electron chi connectivity index (χ1n) is 14.4. The Kier molecular flexibility index (Phi) is 6.55. The van der Waals surface area contributed by atoms with Crippen molar-refractivity contribution in [2.24, 2.45) is 0 Å². The van der Waals surface area contributed by atoms with E-state index in [4.69, 9.17) is 18.5 Å². The zero-order valence-electron chi connectivity index (χ0n) is 23.1. The average Bonchev–Trinajstić information content (AvgIpc) is 3.86. The molecule has 11 nitrogen and oxygen atoms in total. The fraction of sp³-hybridized carbons (Fsp3) is 0.400. The van der Waals surface area contributed by atoms with E-state index in [1.165, 1.54) is 11.9 Å². The van der Waals surface area contributed by atoms with Gasteiger partial charge in [0.05, 0.1) is 12.9 Å². The molecule has 1 N–H and O–H groups in total. The number of aromatic nitrogens is 4. The zero-order valence-corrected chi connectivity index (χ0v) is 24.0. The van der Waals surface area contributed by atoms with Crippen LogP contribution in [-0.2, 0) is 18.5 Å². The van der Waals surface area contributed by atoms with E-state index in [1.54, 1.807) is 18.5 Å². The third-order valence-corrected chi connectivity index (χ3v) is 10.6. The van der Waals surface area contributed by atoms with Gasteiger partial charge in [-0.15, -0.1) is 0 Å². The standard InChI is InChI=1S/C30H31N6O5P/c1-2-30-16-38-24(25(30)41-42-36-15-9-14-21(36)23(40-42)19-10-5-3-6-11-19)29(39-30)35-18-33-22-26(31-17-32-27(22)35)34-28(37)20-12-7-4-8-13-20/h3-8,10-13,17-18,21,23-25,29H,2,9,14-16H2,1H3,(H,31,32,34,37)/t21-,23+,24?,25+,29+,30-,42+/m0/s1. The number of fused-ring (bicyclic) bond motifs is 4. The number of rotatable bonds is 7. The van der Waals surface area contributed by atoms with Crippen LogP contribution in [0, 0.1) is 0 Å². The largest absolute Gasteiger partial charge is 0.368 e. The van der Waals surface area contributed by atoms with Crippen LogP contribution in [0.2, 0.25) is 0 Å². The van der Waals surface area contributed by atoms with Gasteiger partial charge < -0.3 is 23.8 Å². The lowest BCUT2D eigenvalue weighted by atomic mass is 9.96. The molecular weight excluding hydrogens is 555 g/mol. The number of nitrogens with zero attached hydrogens (tertiary/aromatic N) is 5. The molecule has 8 rings (SSSR count). The molecule has 42 heavy (non-hydrogen) atoms. The van der Waals surface area contributed by atoms with Gasteiger partial charge in [-0.25, -0.2) is 19.6 Å². The molecule has 2 aromatic carbocycles.